The summed E-state index contributed by atoms with van der Waals surface area (Å²) in [5, 5.41) is 7.08. The van der Waals surface area contributed by atoms with Crippen LogP contribution in [0.15, 0.2) is 57.9 Å². The van der Waals surface area contributed by atoms with Crippen LogP contribution in [0, 0.1) is 0 Å². The number of hydrogen-bond acceptors (Lipinski definition) is 6. The molecule has 0 radical (unpaired) electrons. The van der Waals surface area contributed by atoms with Crippen molar-refractivity contribution in [3.8, 4) is 11.5 Å². The molecule has 1 aromatic carbocycles. The molecule has 7 heteroatoms. The molecule has 1 saturated heterocycles. The SMILES string of the molecule is O=C(N[C@@H]1CCN(Cc2noc(-c3ccccc3)n2)C1)c1ccoc1. The van der Waals surface area contributed by atoms with Crippen molar-refractivity contribution in [1.29, 1.82) is 0 Å². The molecule has 0 saturated carbocycles. The lowest BCUT2D eigenvalue weighted by molar-refractivity contribution is 0.0937. The smallest absolute Gasteiger partial charge is 0.257 e. The zero-order valence-corrected chi connectivity index (χ0v) is 13.6. The molecule has 1 amide bonds. The first kappa shape index (κ1) is 15.6. The van der Waals surface area contributed by atoms with Crippen LogP contribution in [0.4, 0.5) is 0 Å². The van der Waals surface area contributed by atoms with Crippen LogP contribution in [0.3, 0.4) is 0 Å². The fourth-order valence-corrected chi connectivity index (χ4v) is 2.97. The van der Waals surface area contributed by atoms with Crippen LogP contribution in [-0.2, 0) is 6.54 Å². The van der Waals surface area contributed by atoms with Gasteiger partial charge in [0.2, 0.25) is 0 Å². The minimum atomic E-state index is -0.105. The van der Waals surface area contributed by atoms with E-state index in [0.29, 0.717) is 23.8 Å². The maximum Gasteiger partial charge on any atom is 0.257 e. The fraction of sp³-hybridized carbons (Fsp3) is 0.278. The summed E-state index contributed by atoms with van der Waals surface area (Å²) in [5.74, 6) is 1.08. The number of likely N-dealkylation sites (tertiary alicyclic amines) is 1. The van der Waals surface area contributed by atoms with Crippen molar-refractivity contribution >= 4 is 5.91 Å². The van der Waals surface area contributed by atoms with E-state index in [1.165, 1.54) is 12.5 Å². The molecule has 4 rings (SSSR count). The van der Waals surface area contributed by atoms with Gasteiger partial charge in [-0.2, -0.15) is 4.98 Å². The fourth-order valence-electron chi connectivity index (χ4n) is 2.97. The molecule has 1 atom stereocenters. The standard InChI is InChI=1S/C18H18N4O3/c23-17(14-7-9-24-12-14)19-15-6-8-22(10-15)11-16-20-18(25-21-16)13-4-2-1-3-5-13/h1-5,7,9,12,15H,6,8,10-11H2,(H,19,23)/t15-/m1/s1. The highest BCUT2D eigenvalue weighted by molar-refractivity contribution is 5.93. The lowest BCUT2D eigenvalue weighted by atomic mass is 10.2. The van der Waals surface area contributed by atoms with E-state index < -0.39 is 0 Å². The van der Waals surface area contributed by atoms with E-state index in [9.17, 15) is 4.79 Å². The average Bonchev–Trinajstić information content (AvgIpc) is 3.38. The Hall–Kier alpha value is -2.93. The topological polar surface area (TPSA) is 84.4 Å². The first-order chi connectivity index (χ1) is 12.3. The van der Waals surface area contributed by atoms with Gasteiger partial charge in [-0.15, -0.1) is 0 Å². The van der Waals surface area contributed by atoms with Gasteiger partial charge >= 0.3 is 0 Å². The lowest BCUT2D eigenvalue weighted by Gasteiger charge is -2.14. The molecular formula is C18H18N4O3. The Kier molecular flexibility index (Phi) is 4.30. The minimum Gasteiger partial charge on any atom is -0.472 e. The third-order valence-electron chi connectivity index (χ3n) is 4.24. The van der Waals surface area contributed by atoms with Crippen molar-refractivity contribution in [3.63, 3.8) is 0 Å². The highest BCUT2D eigenvalue weighted by atomic mass is 16.5. The van der Waals surface area contributed by atoms with Gasteiger partial charge in [0.05, 0.1) is 18.4 Å². The summed E-state index contributed by atoms with van der Waals surface area (Å²) < 4.78 is 10.3. The highest BCUT2D eigenvalue weighted by Crippen LogP contribution is 2.18. The van der Waals surface area contributed by atoms with Gasteiger partial charge in [0.25, 0.3) is 11.8 Å². The summed E-state index contributed by atoms with van der Waals surface area (Å²) in [6, 6.07) is 11.5. The van der Waals surface area contributed by atoms with Crippen LogP contribution >= 0.6 is 0 Å². The van der Waals surface area contributed by atoms with Crippen LogP contribution in [0.1, 0.15) is 22.6 Å². The Morgan fingerprint density at radius 3 is 2.96 bits per heavy atom. The molecule has 0 aliphatic carbocycles. The molecule has 25 heavy (non-hydrogen) atoms. The molecule has 1 aliphatic rings. The van der Waals surface area contributed by atoms with Crippen LogP contribution in [-0.4, -0.2) is 40.1 Å². The van der Waals surface area contributed by atoms with Crippen LogP contribution in [0.2, 0.25) is 0 Å². The molecule has 1 aliphatic heterocycles. The Bertz CT molecular complexity index is 829. The summed E-state index contributed by atoms with van der Waals surface area (Å²) in [5.41, 5.74) is 1.46. The molecule has 7 nitrogen and oxygen atoms in total. The van der Waals surface area contributed by atoms with Crippen LogP contribution in [0.25, 0.3) is 11.5 Å². The molecule has 0 unspecified atom stereocenters. The normalized spacial score (nSPS) is 17.7. The van der Waals surface area contributed by atoms with E-state index in [-0.39, 0.29) is 11.9 Å². The van der Waals surface area contributed by atoms with Gasteiger partial charge in [-0.05, 0) is 24.6 Å². The number of nitrogens with zero attached hydrogens (tertiary/aromatic N) is 3. The van der Waals surface area contributed by atoms with Crippen LogP contribution in [0.5, 0.6) is 0 Å². The average molecular weight is 338 g/mol. The summed E-state index contributed by atoms with van der Waals surface area (Å²) >= 11 is 0. The summed E-state index contributed by atoms with van der Waals surface area (Å²) in [7, 11) is 0. The Labute approximate surface area is 144 Å². The van der Waals surface area contributed by atoms with Gasteiger partial charge in [-0.1, -0.05) is 23.4 Å². The van der Waals surface area contributed by atoms with Crippen molar-refractivity contribution < 1.29 is 13.7 Å². The maximum atomic E-state index is 12.1. The molecule has 0 bridgehead atoms. The number of furan rings is 1. The van der Waals surface area contributed by atoms with Crippen molar-refractivity contribution in [2.24, 2.45) is 0 Å². The molecule has 3 heterocycles. The second-order valence-electron chi connectivity index (χ2n) is 6.09. The first-order valence-electron chi connectivity index (χ1n) is 8.21. The van der Waals surface area contributed by atoms with E-state index in [2.05, 4.69) is 20.4 Å². The van der Waals surface area contributed by atoms with E-state index in [4.69, 9.17) is 8.94 Å². The predicted molar refractivity (Wildman–Crippen MR) is 89.6 cm³/mol. The number of hydrogen-bond donors (Lipinski definition) is 1. The minimum absolute atomic E-state index is 0.105. The number of carbonyl (C=O) groups is 1. The van der Waals surface area contributed by atoms with Gasteiger partial charge < -0.3 is 14.3 Å². The molecule has 1 fully saturated rings. The Balaban J connectivity index is 1.32. The van der Waals surface area contributed by atoms with E-state index in [0.717, 1.165) is 25.1 Å². The first-order valence-corrected chi connectivity index (χ1v) is 8.21. The molecule has 2 aromatic heterocycles. The zero-order valence-electron chi connectivity index (χ0n) is 13.6. The van der Waals surface area contributed by atoms with Gasteiger partial charge in [-0.25, -0.2) is 0 Å². The quantitative estimate of drug-likeness (QED) is 0.769. The number of nitrogens with one attached hydrogen (secondary N) is 1. The second kappa shape index (κ2) is 6.90. The highest BCUT2D eigenvalue weighted by Gasteiger charge is 2.25. The van der Waals surface area contributed by atoms with E-state index in [1.807, 2.05) is 30.3 Å². The summed E-state index contributed by atoms with van der Waals surface area (Å²) in [4.78, 5) is 18.7. The zero-order chi connectivity index (χ0) is 17.1. The molecule has 3 aromatic rings. The van der Waals surface area contributed by atoms with E-state index >= 15 is 0 Å². The largest absolute Gasteiger partial charge is 0.472 e. The van der Waals surface area contributed by atoms with Crippen molar-refractivity contribution in [2.45, 2.75) is 19.0 Å². The number of rotatable bonds is 5. The van der Waals surface area contributed by atoms with Crippen molar-refractivity contribution in [3.05, 3.63) is 60.3 Å². The monoisotopic (exact) mass is 338 g/mol. The number of benzene rings is 1. The van der Waals surface area contributed by atoms with Gasteiger partial charge in [0, 0.05) is 24.7 Å². The summed E-state index contributed by atoms with van der Waals surface area (Å²) in [6.07, 6.45) is 3.84. The molecule has 128 valence electrons. The van der Waals surface area contributed by atoms with Crippen molar-refractivity contribution in [1.82, 2.24) is 20.4 Å². The molecule has 0 spiro atoms. The van der Waals surface area contributed by atoms with Crippen molar-refractivity contribution in [2.75, 3.05) is 13.1 Å². The molecular weight excluding hydrogens is 320 g/mol. The van der Waals surface area contributed by atoms with Gasteiger partial charge in [-0.3, -0.25) is 9.69 Å². The van der Waals surface area contributed by atoms with E-state index in [1.54, 1.807) is 6.07 Å². The Morgan fingerprint density at radius 1 is 1.28 bits per heavy atom. The summed E-state index contributed by atoms with van der Waals surface area (Å²) in [6.45, 7) is 2.25. The third kappa shape index (κ3) is 3.61. The van der Waals surface area contributed by atoms with Gasteiger partial charge in [0.15, 0.2) is 5.82 Å². The third-order valence-corrected chi connectivity index (χ3v) is 4.24. The second-order valence-corrected chi connectivity index (χ2v) is 6.09. The maximum absolute atomic E-state index is 12.1. The predicted octanol–water partition coefficient (Wildman–Crippen LogP) is 2.33. The number of carbonyl (C=O) groups excluding carboxylic acids is 1. The van der Waals surface area contributed by atoms with Gasteiger partial charge in [0.1, 0.15) is 6.26 Å². The Morgan fingerprint density at radius 2 is 2.16 bits per heavy atom. The number of aromatic nitrogens is 2. The number of amides is 1. The molecule has 1 N–H and O–H groups in total. The van der Waals surface area contributed by atoms with Crippen LogP contribution < -0.4 is 5.32 Å². The lowest BCUT2D eigenvalue weighted by Crippen LogP contribution is -2.36.